The van der Waals surface area contributed by atoms with Crippen LogP contribution < -0.4 is 5.32 Å². The molecule has 1 aromatic carbocycles. The van der Waals surface area contributed by atoms with Gasteiger partial charge in [0.1, 0.15) is 5.75 Å². The van der Waals surface area contributed by atoms with E-state index in [9.17, 15) is 9.90 Å². The minimum absolute atomic E-state index is 0.123. The van der Waals surface area contributed by atoms with Gasteiger partial charge in [0.05, 0.1) is 9.26 Å². The first-order valence-corrected chi connectivity index (χ1v) is 6.89. The summed E-state index contributed by atoms with van der Waals surface area (Å²) in [5, 5.41) is 16.6. The Hall–Kier alpha value is -1.57. The zero-order chi connectivity index (χ0) is 13.8. The number of phenolic OH excluding ortho intramolecular Hbond substituents is 1. The molecule has 1 aromatic heterocycles. The van der Waals surface area contributed by atoms with Crippen molar-refractivity contribution in [2.75, 3.05) is 6.54 Å². The molecule has 5 nitrogen and oxygen atoms in total. The van der Waals surface area contributed by atoms with Gasteiger partial charge in [0.15, 0.2) is 0 Å². The summed E-state index contributed by atoms with van der Waals surface area (Å²) in [5.74, 6) is -0.0689. The van der Waals surface area contributed by atoms with E-state index in [0.717, 1.165) is 9.26 Å². The number of halogens is 1. The number of phenols is 1. The van der Waals surface area contributed by atoms with Gasteiger partial charge in [-0.05, 0) is 46.9 Å². The molecule has 100 valence electrons. The van der Waals surface area contributed by atoms with E-state index in [2.05, 4.69) is 10.4 Å². The van der Waals surface area contributed by atoms with E-state index in [1.54, 1.807) is 16.8 Å². The molecule has 0 aliphatic carbocycles. The van der Waals surface area contributed by atoms with Crippen LogP contribution in [0, 0.1) is 3.57 Å². The Kier molecular flexibility index (Phi) is 4.41. The normalized spacial score (nSPS) is 10.4. The standard InChI is InChI=1S/C13H14IN3O2/c1-17-7-5-10(16-17)4-6-15-13(19)9-2-3-11(14)12(18)8-9/h2-3,5,7-8,18H,4,6H2,1H3,(H,15,19). The SMILES string of the molecule is Cn1ccc(CCNC(=O)c2ccc(I)c(O)c2)n1. The number of amides is 1. The van der Waals surface area contributed by atoms with Gasteiger partial charge in [-0.3, -0.25) is 9.48 Å². The predicted octanol–water partition coefficient (Wildman–Crippen LogP) is 1.70. The van der Waals surface area contributed by atoms with Crippen molar-refractivity contribution < 1.29 is 9.90 Å². The van der Waals surface area contributed by atoms with Gasteiger partial charge >= 0.3 is 0 Å². The molecular formula is C13H14IN3O2. The highest BCUT2D eigenvalue weighted by Gasteiger charge is 2.08. The van der Waals surface area contributed by atoms with Gasteiger partial charge in [-0.15, -0.1) is 0 Å². The maximum Gasteiger partial charge on any atom is 0.251 e. The van der Waals surface area contributed by atoms with E-state index in [4.69, 9.17) is 0 Å². The molecule has 1 amide bonds. The van der Waals surface area contributed by atoms with Crippen molar-refractivity contribution in [3.05, 3.63) is 45.3 Å². The Bertz CT molecular complexity index is 595. The van der Waals surface area contributed by atoms with Crippen LogP contribution in [0.3, 0.4) is 0 Å². The highest BCUT2D eigenvalue weighted by molar-refractivity contribution is 14.1. The third kappa shape index (κ3) is 3.69. The second kappa shape index (κ2) is 6.05. The fourth-order valence-electron chi connectivity index (χ4n) is 1.66. The molecule has 0 fully saturated rings. The molecule has 2 rings (SSSR count). The van der Waals surface area contributed by atoms with E-state index in [0.29, 0.717) is 18.5 Å². The van der Waals surface area contributed by atoms with Gasteiger partial charge in [0, 0.05) is 31.8 Å². The Morgan fingerprint density at radius 2 is 2.26 bits per heavy atom. The molecule has 1 heterocycles. The van der Waals surface area contributed by atoms with Gasteiger partial charge in [-0.2, -0.15) is 5.10 Å². The molecular weight excluding hydrogens is 357 g/mol. The molecule has 0 atom stereocenters. The van der Waals surface area contributed by atoms with Crippen molar-refractivity contribution in [3.63, 3.8) is 0 Å². The highest BCUT2D eigenvalue weighted by atomic mass is 127. The van der Waals surface area contributed by atoms with Gasteiger partial charge in [-0.25, -0.2) is 0 Å². The molecule has 0 radical (unpaired) electrons. The molecule has 0 aliphatic heterocycles. The summed E-state index contributed by atoms with van der Waals surface area (Å²) in [5.41, 5.74) is 1.40. The van der Waals surface area contributed by atoms with Gasteiger partial charge in [0.25, 0.3) is 5.91 Å². The molecule has 0 spiro atoms. The molecule has 19 heavy (non-hydrogen) atoms. The lowest BCUT2D eigenvalue weighted by Crippen LogP contribution is -2.25. The minimum atomic E-state index is -0.192. The average molecular weight is 371 g/mol. The number of aryl methyl sites for hydroxylation is 1. The van der Waals surface area contributed by atoms with Crippen molar-refractivity contribution >= 4 is 28.5 Å². The Balaban J connectivity index is 1.89. The van der Waals surface area contributed by atoms with Crippen LogP contribution in [-0.4, -0.2) is 27.3 Å². The molecule has 2 N–H and O–H groups in total. The second-order valence-corrected chi connectivity index (χ2v) is 5.32. The number of aromatic nitrogens is 2. The lowest BCUT2D eigenvalue weighted by molar-refractivity contribution is 0.0953. The average Bonchev–Trinajstić information content (AvgIpc) is 2.78. The fraction of sp³-hybridized carbons (Fsp3) is 0.231. The van der Waals surface area contributed by atoms with Crippen LogP contribution in [0.25, 0.3) is 0 Å². The van der Waals surface area contributed by atoms with Gasteiger partial charge in [-0.1, -0.05) is 0 Å². The summed E-state index contributed by atoms with van der Waals surface area (Å²) in [6.45, 7) is 0.516. The first-order valence-electron chi connectivity index (χ1n) is 5.81. The largest absolute Gasteiger partial charge is 0.507 e. The van der Waals surface area contributed by atoms with Crippen LogP contribution in [0.5, 0.6) is 5.75 Å². The Labute approximate surface area is 124 Å². The number of hydrogen-bond acceptors (Lipinski definition) is 3. The number of carbonyl (C=O) groups excluding carboxylic acids is 1. The molecule has 2 aromatic rings. The summed E-state index contributed by atoms with van der Waals surface area (Å²) >= 11 is 2.01. The molecule has 0 saturated carbocycles. The minimum Gasteiger partial charge on any atom is -0.507 e. The molecule has 6 heteroatoms. The van der Waals surface area contributed by atoms with Crippen LogP contribution in [0.2, 0.25) is 0 Å². The maximum atomic E-state index is 11.9. The molecule has 0 unspecified atom stereocenters. The lowest BCUT2D eigenvalue weighted by Gasteiger charge is -2.05. The maximum absolute atomic E-state index is 11.9. The van der Waals surface area contributed by atoms with E-state index >= 15 is 0 Å². The summed E-state index contributed by atoms with van der Waals surface area (Å²) in [6.07, 6.45) is 2.55. The fourth-order valence-corrected chi connectivity index (χ4v) is 1.99. The summed E-state index contributed by atoms with van der Waals surface area (Å²) in [4.78, 5) is 11.9. The number of nitrogens with one attached hydrogen (secondary N) is 1. The topological polar surface area (TPSA) is 67.2 Å². The van der Waals surface area contributed by atoms with E-state index < -0.39 is 0 Å². The zero-order valence-corrected chi connectivity index (χ0v) is 12.6. The van der Waals surface area contributed by atoms with E-state index in [1.165, 1.54) is 6.07 Å². The lowest BCUT2D eigenvalue weighted by atomic mass is 10.2. The van der Waals surface area contributed by atoms with E-state index in [1.807, 2.05) is 41.9 Å². The van der Waals surface area contributed by atoms with Crippen molar-refractivity contribution in [2.45, 2.75) is 6.42 Å². The van der Waals surface area contributed by atoms with Crippen LogP contribution in [0.15, 0.2) is 30.5 Å². The number of rotatable bonds is 4. The molecule has 0 bridgehead atoms. The third-order valence-corrected chi connectivity index (χ3v) is 3.56. The van der Waals surface area contributed by atoms with Crippen LogP contribution in [-0.2, 0) is 13.5 Å². The smallest absolute Gasteiger partial charge is 0.251 e. The van der Waals surface area contributed by atoms with Crippen molar-refractivity contribution in [1.29, 1.82) is 0 Å². The van der Waals surface area contributed by atoms with E-state index in [-0.39, 0.29) is 11.7 Å². The Morgan fingerprint density at radius 1 is 1.47 bits per heavy atom. The van der Waals surface area contributed by atoms with Crippen LogP contribution >= 0.6 is 22.6 Å². The Morgan fingerprint density at radius 3 is 2.89 bits per heavy atom. The summed E-state index contributed by atoms with van der Waals surface area (Å²) < 4.78 is 2.46. The molecule has 0 saturated heterocycles. The van der Waals surface area contributed by atoms with Gasteiger partial charge < -0.3 is 10.4 Å². The van der Waals surface area contributed by atoms with Crippen LogP contribution in [0.1, 0.15) is 16.1 Å². The monoisotopic (exact) mass is 371 g/mol. The number of aromatic hydroxyl groups is 1. The van der Waals surface area contributed by atoms with Crippen molar-refractivity contribution in [1.82, 2.24) is 15.1 Å². The summed E-state index contributed by atoms with van der Waals surface area (Å²) in [7, 11) is 1.86. The molecule has 0 aliphatic rings. The van der Waals surface area contributed by atoms with Crippen molar-refractivity contribution in [3.8, 4) is 5.75 Å². The number of benzene rings is 1. The quantitative estimate of drug-likeness (QED) is 0.805. The predicted molar refractivity (Wildman–Crippen MR) is 80.1 cm³/mol. The highest BCUT2D eigenvalue weighted by Crippen LogP contribution is 2.20. The number of nitrogens with zero attached hydrogens (tertiary/aromatic N) is 2. The number of hydrogen-bond donors (Lipinski definition) is 2. The van der Waals surface area contributed by atoms with Crippen molar-refractivity contribution in [2.24, 2.45) is 7.05 Å². The zero-order valence-electron chi connectivity index (χ0n) is 10.4. The first-order chi connectivity index (χ1) is 9.06. The van der Waals surface area contributed by atoms with Crippen LogP contribution in [0.4, 0.5) is 0 Å². The third-order valence-electron chi connectivity index (χ3n) is 2.64. The second-order valence-electron chi connectivity index (χ2n) is 4.15. The number of carbonyl (C=O) groups is 1. The first kappa shape index (κ1) is 13.9. The summed E-state index contributed by atoms with van der Waals surface area (Å²) in [6, 6.07) is 6.79. The van der Waals surface area contributed by atoms with Gasteiger partial charge in [0.2, 0.25) is 0 Å².